The molecule has 2 aliphatic rings. The van der Waals surface area contributed by atoms with Gasteiger partial charge in [-0.25, -0.2) is 9.79 Å². The maximum absolute atomic E-state index is 12.7. The number of likely N-dealkylation sites (N-methyl/N-ethyl adjacent to an activating group) is 1. The van der Waals surface area contributed by atoms with Crippen LogP contribution in [-0.4, -0.2) is 54.8 Å². The highest BCUT2D eigenvalue weighted by molar-refractivity contribution is 6.24. The van der Waals surface area contributed by atoms with Crippen LogP contribution >= 0.6 is 0 Å². The van der Waals surface area contributed by atoms with Crippen molar-refractivity contribution in [1.29, 1.82) is 0 Å². The van der Waals surface area contributed by atoms with Gasteiger partial charge in [-0.05, 0) is 32.3 Å². The van der Waals surface area contributed by atoms with Gasteiger partial charge >= 0.3 is 5.97 Å². The lowest BCUT2D eigenvalue weighted by Crippen LogP contribution is -2.33. The second-order valence-corrected chi connectivity index (χ2v) is 6.61. The van der Waals surface area contributed by atoms with Crippen molar-refractivity contribution < 1.29 is 14.3 Å². The first-order valence-electron chi connectivity index (χ1n) is 8.50. The van der Waals surface area contributed by atoms with E-state index in [-0.39, 0.29) is 11.9 Å². The Hall–Kier alpha value is -2.99. The highest BCUT2D eigenvalue weighted by atomic mass is 16.5. The number of aliphatic imine (C=N–C) groups is 1. The minimum Gasteiger partial charge on any atom is -0.461 e. The first-order chi connectivity index (χ1) is 12.6. The fourth-order valence-corrected chi connectivity index (χ4v) is 3.23. The molecule has 0 atom stereocenters. The summed E-state index contributed by atoms with van der Waals surface area (Å²) < 4.78 is 5.37. The summed E-state index contributed by atoms with van der Waals surface area (Å²) in [6, 6.07) is 12.8. The molecular weight excluding hydrogens is 330 g/mol. The van der Waals surface area contributed by atoms with Crippen LogP contribution in [0.25, 0.3) is 0 Å². The predicted octanol–water partition coefficient (Wildman–Crippen LogP) is 2.45. The summed E-state index contributed by atoms with van der Waals surface area (Å²) in [5, 5.41) is 0. The summed E-state index contributed by atoms with van der Waals surface area (Å²) >= 11 is 0. The van der Waals surface area contributed by atoms with Crippen molar-refractivity contribution in [3.05, 3.63) is 64.7 Å². The molecule has 132 valence electrons. The number of hydrogen-bond donors (Lipinski definition) is 0. The molecule has 2 aliphatic heterocycles. The monoisotopic (exact) mass is 349 g/mol. The van der Waals surface area contributed by atoms with E-state index in [2.05, 4.69) is 4.99 Å². The molecule has 0 spiro atoms. The zero-order valence-electron chi connectivity index (χ0n) is 14.7. The number of fused-ring (bicyclic) bond motifs is 4. The minimum atomic E-state index is -0.383. The SMILES string of the molecule is CN(C)CCOC(=O)c1cccc2c1CN1C(=O)c3ccccc3C1=N2. The number of rotatable bonds is 4. The Bertz CT molecular complexity index is 934. The van der Waals surface area contributed by atoms with E-state index in [9.17, 15) is 9.59 Å². The van der Waals surface area contributed by atoms with Crippen molar-refractivity contribution in [2.24, 2.45) is 4.99 Å². The summed E-state index contributed by atoms with van der Waals surface area (Å²) in [5.41, 5.74) is 3.39. The number of carbonyl (C=O) groups is 2. The molecule has 6 nitrogen and oxygen atoms in total. The molecule has 0 saturated carbocycles. The molecule has 26 heavy (non-hydrogen) atoms. The average molecular weight is 349 g/mol. The van der Waals surface area contributed by atoms with Gasteiger partial charge in [0.15, 0.2) is 0 Å². The molecule has 6 heteroatoms. The van der Waals surface area contributed by atoms with E-state index < -0.39 is 0 Å². The van der Waals surface area contributed by atoms with E-state index in [1.54, 1.807) is 23.1 Å². The Balaban J connectivity index is 1.67. The van der Waals surface area contributed by atoms with Crippen molar-refractivity contribution in [3.8, 4) is 0 Å². The lowest BCUT2D eigenvalue weighted by atomic mass is 10.0. The van der Waals surface area contributed by atoms with Gasteiger partial charge in [-0.3, -0.25) is 9.69 Å². The lowest BCUT2D eigenvalue weighted by molar-refractivity contribution is 0.0479. The Morgan fingerprint density at radius 3 is 2.69 bits per heavy atom. The highest BCUT2D eigenvalue weighted by Crippen LogP contribution is 2.35. The van der Waals surface area contributed by atoms with Crippen molar-refractivity contribution >= 4 is 23.4 Å². The molecule has 0 fully saturated rings. The predicted molar refractivity (Wildman–Crippen MR) is 97.8 cm³/mol. The summed E-state index contributed by atoms with van der Waals surface area (Å²) in [7, 11) is 3.84. The maximum Gasteiger partial charge on any atom is 0.338 e. The van der Waals surface area contributed by atoms with Gasteiger partial charge in [-0.15, -0.1) is 0 Å². The van der Waals surface area contributed by atoms with Crippen LogP contribution in [-0.2, 0) is 11.3 Å². The number of hydrogen-bond acceptors (Lipinski definition) is 5. The Labute approximate surface area is 151 Å². The number of nitrogens with zero attached hydrogens (tertiary/aromatic N) is 3. The summed E-state index contributed by atoms with van der Waals surface area (Å²) in [5.74, 6) is 0.184. The van der Waals surface area contributed by atoms with Crippen LogP contribution in [0.3, 0.4) is 0 Å². The topological polar surface area (TPSA) is 62.2 Å². The smallest absolute Gasteiger partial charge is 0.338 e. The van der Waals surface area contributed by atoms with Gasteiger partial charge in [0.25, 0.3) is 5.91 Å². The number of esters is 1. The van der Waals surface area contributed by atoms with Crippen LogP contribution < -0.4 is 0 Å². The number of carbonyl (C=O) groups excluding carboxylic acids is 2. The number of ether oxygens (including phenoxy) is 1. The largest absolute Gasteiger partial charge is 0.461 e. The van der Waals surface area contributed by atoms with E-state index in [1.165, 1.54) is 0 Å². The van der Waals surface area contributed by atoms with Crippen LogP contribution in [0.4, 0.5) is 5.69 Å². The maximum atomic E-state index is 12.7. The van der Waals surface area contributed by atoms with Gasteiger partial charge in [0.05, 0.1) is 23.4 Å². The molecule has 0 N–H and O–H groups in total. The molecule has 4 rings (SSSR count). The molecule has 1 amide bonds. The molecule has 2 aromatic carbocycles. The fraction of sp³-hybridized carbons (Fsp3) is 0.250. The molecule has 0 saturated heterocycles. The van der Waals surface area contributed by atoms with Gasteiger partial charge in [0.2, 0.25) is 0 Å². The van der Waals surface area contributed by atoms with Gasteiger partial charge in [0, 0.05) is 17.7 Å². The van der Waals surface area contributed by atoms with Crippen LogP contribution in [0.1, 0.15) is 31.8 Å². The number of amidine groups is 1. The molecule has 0 radical (unpaired) electrons. The highest BCUT2D eigenvalue weighted by Gasteiger charge is 2.37. The Kier molecular flexibility index (Phi) is 4.05. The van der Waals surface area contributed by atoms with Crippen LogP contribution in [0.15, 0.2) is 47.5 Å². The van der Waals surface area contributed by atoms with Crippen LogP contribution in [0, 0.1) is 0 Å². The third kappa shape index (κ3) is 2.68. The van der Waals surface area contributed by atoms with Crippen molar-refractivity contribution in [3.63, 3.8) is 0 Å². The standard InChI is InChI=1S/C20H19N3O3/c1-22(2)10-11-26-20(25)15-8-5-9-17-16(15)12-23-18(21-17)13-6-3-4-7-14(13)19(23)24/h3-9H,10-12H2,1-2H3. The van der Waals surface area contributed by atoms with E-state index in [4.69, 9.17) is 4.74 Å². The van der Waals surface area contributed by atoms with Gasteiger partial charge in [-0.2, -0.15) is 0 Å². The van der Waals surface area contributed by atoms with Gasteiger partial charge in [0.1, 0.15) is 12.4 Å². The molecule has 0 aromatic heterocycles. The van der Waals surface area contributed by atoms with E-state index in [0.717, 1.165) is 11.1 Å². The van der Waals surface area contributed by atoms with Crippen LogP contribution in [0.2, 0.25) is 0 Å². The Morgan fingerprint density at radius 2 is 1.92 bits per heavy atom. The summed E-state index contributed by atoms with van der Waals surface area (Å²) in [6.07, 6.45) is 0. The Morgan fingerprint density at radius 1 is 1.15 bits per heavy atom. The van der Waals surface area contributed by atoms with E-state index >= 15 is 0 Å². The second-order valence-electron chi connectivity index (χ2n) is 6.61. The molecule has 2 heterocycles. The van der Waals surface area contributed by atoms with E-state index in [0.29, 0.717) is 42.3 Å². The number of amides is 1. The molecule has 2 aromatic rings. The third-order valence-electron chi connectivity index (χ3n) is 4.58. The molecule has 0 bridgehead atoms. The molecular formula is C20H19N3O3. The molecule has 0 unspecified atom stereocenters. The second kappa shape index (κ2) is 6.38. The normalized spacial score (nSPS) is 14.7. The van der Waals surface area contributed by atoms with E-state index in [1.807, 2.05) is 43.3 Å². The first-order valence-corrected chi connectivity index (χ1v) is 8.50. The average Bonchev–Trinajstić information content (AvgIpc) is 2.91. The van der Waals surface area contributed by atoms with Crippen molar-refractivity contribution in [2.75, 3.05) is 27.2 Å². The third-order valence-corrected chi connectivity index (χ3v) is 4.58. The van der Waals surface area contributed by atoms with Gasteiger partial charge < -0.3 is 9.64 Å². The first kappa shape index (κ1) is 16.5. The lowest BCUT2D eigenvalue weighted by Gasteiger charge is -2.25. The van der Waals surface area contributed by atoms with Crippen LogP contribution in [0.5, 0.6) is 0 Å². The minimum absolute atomic E-state index is 0.0826. The summed E-state index contributed by atoms with van der Waals surface area (Å²) in [4.78, 5) is 33.4. The number of benzene rings is 2. The van der Waals surface area contributed by atoms with Gasteiger partial charge in [-0.1, -0.05) is 24.3 Å². The zero-order chi connectivity index (χ0) is 18.3. The van der Waals surface area contributed by atoms with Crippen molar-refractivity contribution in [2.45, 2.75) is 6.54 Å². The quantitative estimate of drug-likeness (QED) is 0.796. The fourth-order valence-electron chi connectivity index (χ4n) is 3.23. The zero-order valence-corrected chi connectivity index (χ0v) is 14.7. The van der Waals surface area contributed by atoms with Crippen molar-refractivity contribution in [1.82, 2.24) is 9.80 Å². The molecule has 0 aliphatic carbocycles. The summed E-state index contributed by atoms with van der Waals surface area (Å²) in [6.45, 7) is 1.29.